The van der Waals surface area contributed by atoms with Gasteiger partial charge in [0.25, 0.3) is 0 Å². The van der Waals surface area contributed by atoms with Crippen molar-refractivity contribution in [1.29, 1.82) is 0 Å². The van der Waals surface area contributed by atoms with E-state index in [1.54, 1.807) is 0 Å². The average molecular weight is 186 g/mol. The van der Waals surface area contributed by atoms with E-state index in [0.717, 1.165) is 6.54 Å². The van der Waals surface area contributed by atoms with Crippen molar-refractivity contribution in [3.8, 4) is 0 Å². The number of likely N-dealkylation sites (N-methyl/N-ethyl adjacent to an activating group) is 1. The molecule has 1 heterocycles. The summed E-state index contributed by atoms with van der Waals surface area (Å²) in [6, 6.07) is 0.223. The molecule has 0 bridgehead atoms. The van der Waals surface area contributed by atoms with Gasteiger partial charge in [-0.15, -0.1) is 0 Å². The summed E-state index contributed by atoms with van der Waals surface area (Å²) in [5.74, 6) is 0.195. The minimum absolute atomic E-state index is 0.195. The minimum Gasteiger partial charge on any atom is -0.377 e. The molecule has 0 spiro atoms. The lowest BCUT2D eigenvalue weighted by atomic mass is 10.2. The molecule has 76 valence electrons. The summed E-state index contributed by atoms with van der Waals surface area (Å²) in [4.78, 5) is 15.4. The zero-order valence-electron chi connectivity index (χ0n) is 8.62. The van der Waals surface area contributed by atoms with Crippen LogP contribution in [-0.2, 0) is 9.53 Å². The Bertz CT molecular complexity index is 182. The smallest absolute Gasteiger partial charge is 0.237 e. The van der Waals surface area contributed by atoms with Gasteiger partial charge in [-0.2, -0.15) is 0 Å². The third-order valence-electron chi connectivity index (χ3n) is 2.14. The van der Waals surface area contributed by atoms with Gasteiger partial charge in [0.15, 0.2) is 0 Å². The number of hydrogen-bond donors (Lipinski definition) is 0. The summed E-state index contributed by atoms with van der Waals surface area (Å²) in [5, 5.41) is 0. The van der Waals surface area contributed by atoms with Gasteiger partial charge in [0.05, 0.1) is 25.8 Å². The second-order valence-electron chi connectivity index (χ2n) is 3.75. The first-order chi connectivity index (χ1) is 6.11. The molecule has 0 aromatic heterocycles. The first-order valence-corrected chi connectivity index (χ1v) is 4.63. The number of carbonyl (C=O) groups excluding carboxylic acids is 1. The van der Waals surface area contributed by atoms with Crippen LogP contribution < -0.4 is 0 Å². The first-order valence-electron chi connectivity index (χ1n) is 4.63. The van der Waals surface area contributed by atoms with Gasteiger partial charge >= 0.3 is 0 Å². The third kappa shape index (κ3) is 2.97. The van der Waals surface area contributed by atoms with Crippen LogP contribution in [0.4, 0.5) is 0 Å². The largest absolute Gasteiger partial charge is 0.377 e. The predicted octanol–water partition coefficient (Wildman–Crippen LogP) is -0.205. The van der Waals surface area contributed by atoms with E-state index < -0.39 is 0 Å². The molecule has 0 aromatic rings. The Morgan fingerprint density at radius 2 is 2.31 bits per heavy atom. The summed E-state index contributed by atoms with van der Waals surface area (Å²) in [7, 11) is 3.81. The van der Waals surface area contributed by atoms with Gasteiger partial charge in [-0.25, -0.2) is 0 Å². The molecule has 0 aromatic carbocycles. The Kier molecular flexibility index (Phi) is 3.69. The number of rotatable bonds is 2. The lowest BCUT2D eigenvalue weighted by molar-refractivity contribution is -0.139. The lowest BCUT2D eigenvalue weighted by Gasteiger charge is -2.34. The lowest BCUT2D eigenvalue weighted by Crippen LogP contribution is -2.49. The van der Waals surface area contributed by atoms with Crippen LogP contribution in [-0.4, -0.2) is 62.1 Å². The summed E-state index contributed by atoms with van der Waals surface area (Å²) in [6.45, 7) is 4.58. The van der Waals surface area contributed by atoms with Crippen molar-refractivity contribution in [3.05, 3.63) is 0 Å². The normalized spacial score (nSPS) is 23.7. The zero-order chi connectivity index (χ0) is 9.84. The molecule has 1 amide bonds. The molecule has 13 heavy (non-hydrogen) atoms. The fourth-order valence-electron chi connectivity index (χ4n) is 1.46. The summed E-state index contributed by atoms with van der Waals surface area (Å²) in [6.07, 6.45) is 0. The van der Waals surface area contributed by atoms with Crippen LogP contribution >= 0.6 is 0 Å². The molecule has 1 aliphatic heterocycles. The Hall–Kier alpha value is -0.610. The fraction of sp³-hybridized carbons (Fsp3) is 0.889. The van der Waals surface area contributed by atoms with Crippen molar-refractivity contribution in [1.82, 2.24) is 9.80 Å². The third-order valence-corrected chi connectivity index (χ3v) is 2.14. The molecule has 0 aliphatic carbocycles. The van der Waals surface area contributed by atoms with Gasteiger partial charge in [0.2, 0.25) is 5.91 Å². The number of ether oxygens (including phenoxy) is 1. The van der Waals surface area contributed by atoms with Crippen LogP contribution in [0.1, 0.15) is 6.92 Å². The molecule has 1 saturated heterocycles. The fourth-order valence-corrected chi connectivity index (χ4v) is 1.46. The van der Waals surface area contributed by atoms with Crippen molar-refractivity contribution in [2.45, 2.75) is 13.0 Å². The van der Waals surface area contributed by atoms with Crippen LogP contribution in [0.15, 0.2) is 0 Å². The molecular formula is C9H18N2O2. The maximum absolute atomic E-state index is 11.6. The quantitative estimate of drug-likeness (QED) is 0.598. The zero-order valence-corrected chi connectivity index (χ0v) is 8.62. The summed E-state index contributed by atoms with van der Waals surface area (Å²) < 4.78 is 5.26. The van der Waals surface area contributed by atoms with Gasteiger partial charge in [-0.05, 0) is 21.0 Å². The van der Waals surface area contributed by atoms with E-state index in [0.29, 0.717) is 19.8 Å². The van der Waals surface area contributed by atoms with Crippen molar-refractivity contribution in [2.24, 2.45) is 0 Å². The van der Waals surface area contributed by atoms with E-state index in [4.69, 9.17) is 4.74 Å². The topological polar surface area (TPSA) is 32.8 Å². The molecule has 1 aliphatic rings. The molecule has 1 rings (SSSR count). The standard InChI is InChI=1S/C9H18N2O2/c1-8-7-13-5-4-11(8)9(12)6-10(2)3/h8H,4-7H2,1-3H3/t8-/m0/s1. The maximum atomic E-state index is 11.6. The van der Waals surface area contributed by atoms with Gasteiger partial charge in [-0.1, -0.05) is 0 Å². The minimum atomic E-state index is 0.195. The Morgan fingerprint density at radius 1 is 1.62 bits per heavy atom. The van der Waals surface area contributed by atoms with E-state index in [9.17, 15) is 4.79 Å². The van der Waals surface area contributed by atoms with Crippen LogP contribution in [0.3, 0.4) is 0 Å². The Morgan fingerprint density at radius 3 is 2.85 bits per heavy atom. The summed E-state index contributed by atoms with van der Waals surface area (Å²) >= 11 is 0. The van der Waals surface area contributed by atoms with Crippen molar-refractivity contribution in [2.75, 3.05) is 40.4 Å². The van der Waals surface area contributed by atoms with Gasteiger partial charge < -0.3 is 14.5 Å². The highest BCUT2D eigenvalue weighted by molar-refractivity contribution is 5.78. The second-order valence-corrected chi connectivity index (χ2v) is 3.75. The van der Waals surface area contributed by atoms with E-state index in [-0.39, 0.29) is 11.9 Å². The Balaban J connectivity index is 2.44. The number of nitrogens with zero attached hydrogens (tertiary/aromatic N) is 2. The number of amides is 1. The monoisotopic (exact) mass is 186 g/mol. The van der Waals surface area contributed by atoms with Crippen molar-refractivity contribution < 1.29 is 9.53 Å². The number of hydrogen-bond acceptors (Lipinski definition) is 3. The number of carbonyl (C=O) groups is 1. The average Bonchev–Trinajstić information content (AvgIpc) is 2.03. The second kappa shape index (κ2) is 4.58. The van der Waals surface area contributed by atoms with E-state index in [2.05, 4.69) is 0 Å². The molecule has 0 unspecified atom stereocenters. The van der Waals surface area contributed by atoms with Crippen molar-refractivity contribution in [3.63, 3.8) is 0 Å². The molecule has 0 saturated carbocycles. The molecule has 4 nitrogen and oxygen atoms in total. The predicted molar refractivity (Wildman–Crippen MR) is 50.5 cm³/mol. The van der Waals surface area contributed by atoms with Crippen LogP contribution in [0.5, 0.6) is 0 Å². The molecule has 1 atom stereocenters. The van der Waals surface area contributed by atoms with Crippen molar-refractivity contribution >= 4 is 5.91 Å². The van der Waals surface area contributed by atoms with Gasteiger partial charge in [-0.3, -0.25) is 4.79 Å². The van der Waals surface area contributed by atoms with Gasteiger partial charge in [0, 0.05) is 6.54 Å². The maximum Gasteiger partial charge on any atom is 0.237 e. The summed E-state index contributed by atoms with van der Waals surface area (Å²) in [5.41, 5.74) is 0. The molecule has 1 fully saturated rings. The van der Waals surface area contributed by atoms with Crippen LogP contribution in [0.25, 0.3) is 0 Å². The molecule has 0 radical (unpaired) electrons. The van der Waals surface area contributed by atoms with E-state index in [1.807, 2.05) is 30.8 Å². The molecular weight excluding hydrogens is 168 g/mol. The van der Waals surface area contributed by atoms with Crippen LogP contribution in [0.2, 0.25) is 0 Å². The van der Waals surface area contributed by atoms with E-state index in [1.165, 1.54) is 0 Å². The molecule has 0 N–H and O–H groups in total. The molecule has 4 heteroatoms. The van der Waals surface area contributed by atoms with E-state index >= 15 is 0 Å². The van der Waals surface area contributed by atoms with Gasteiger partial charge in [0.1, 0.15) is 0 Å². The highest BCUT2D eigenvalue weighted by atomic mass is 16.5. The Labute approximate surface area is 79.4 Å². The number of morpholine rings is 1. The highest BCUT2D eigenvalue weighted by Crippen LogP contribution is 2.06. The highest BCUT2D eigenvalue weighted by Gasteiger charge is 2.23. The SMILES string of the molecule is C[C@H]1COCCN1C(=O)CN(C)C. The van der Waals surface area contributed by atoms with Crippen LogP contribution in [0, 0.1) is 0 Å². The first kappa shape index (κ1) is 10.5.